The number of hydrogen-bond donors (Lipinski definition) is 0. The number of Topliss-reactive ketones (excluding diaryl/α,β-unsaturated/α-hetero) is 2. The van der Waals surface area contributed by atoms with Crippen molar-refractivity contribution in [3.05, 3.63) is 46.1 Å². The van der Waals surface area contributed by atoms with E-state index in [2.05, 4.69) is 4.74 Å². The Kier molecular flexibility index (Phi) is 4.44. The Morgan fingerprint density at radius 1 is 0.815 bits per heavy atom. The molecule has 1 heterocycles. The summed E-state index contributed by atoms with van der Waals surface area (Å²) in [6.07, 6.45) is 0. The Hall–Kier alpha value is -3.62. The van der Waals surface area contributed by atoms with E-state index in [0.29, 0.717) is 0 Å². The zero-order chi connectivity index (χ0) is 19.9. The highest BCUT2D eigenvalue weighted by molar-refractivity contribution is 6.27. The summed E-state index contributed by atoms with van der Waals surface area (Å²) in [6.45, 7) is 0. The zero-order valence-electron chi connectivity index (χ0n) is 14.8. The molecule has 0 radical (unpaired) electrons. The third-order valence-corrected chi connectivity index (χ3v) is 4.10. The van der Waals surface area contributed by atoms with Crippen molar-refractivity contribution in [1.29, 1.82) is 0 Å². The molecule has 0 fully saturated rings. The van der Waals surface area contributed by atoms with E-state index in [1.807, 2.05) is 0 Å². The molecule has 27 heavy (non-hydrogen) atoms. The Morgan fingerprint density at radius 2 is 1.33 bits per heavy atom. The van der Waals surface area contributed by atoms with Crippen molar-refractivity contribution in [2.45, 2.75) is 0 Å². The van der Waals surface area contributed by atoms with Crippen LogP contribution in [0.4, 0.5) is 0 Å². The molecule has 1 aromatic heterocycles. The predicted molar refractivity (Wildman–Crippen MR) is 88.6 cm³/mol. The fraction of sp³-hybridized carbons (Fsp3) is 0.222. The highest BCUT2D eigenvalue weighted by atomic mass is 16.5. The number of benzene rings is 1. The van der Waals surface area contributed by atoms with E-state index in [-0.39, 0.29) is 39.2 Å². The second-order valence-electron chi connectivity index (χ2n) is 5.41. The molecule has 2 aromatic rings. The molecular formula is C18H14O9. The molecule has 0 saturated carbocycles. The van der Waals surface area contributed by atoms with Crippen LogP contribution in [-0.2, 0) is 18.9 Å². The Balaban J connectivity index is 2.35. The molecule has 0 saturated heterocycles. The summed E-state index contributed by atoms with van der Waals surface area (Å²) in [5, 5.41) is 0.124. The van der Waals surface area contributed by atoms with Crippen LogP contribution in [0.5, 0.6) is 0 Å². The number of furan rings is 1. The summed E-state index contributed by atoms with van der Waals surface area (Å²) in [7, 11) is 4.72. The molecule has 0 aliphatic heterocycles. The van der Waals surface area contributed by atoms with E-state index >= 15 is 0 Å². The average molecular weight is 374 g/mol. The van der Waals surface area contributed by atoms with Gasteiger partial charge < -0.3 is 23.4 Å². The predicted octanol–water partition coefficient (Wildman–Crippen LogP) is 1.89. The third-order valence-electron chi connectivity index (χ3n) is 4.10. The molecule has 0 atom stereocenters. The van der Waals surface area contributed by atoms with Gasteiger partial charge in [-0.1, -0.05) is 0 Å². The van der Waals surface area contributed by atoms with Gasteiger partial charge >= 0.3 is 11.9 Å². The smallest absolute Gasteiger partial charge is 0.374 e. The van der Waals surface area contributed by atoms with E-state index in [1.54, 1.807) is 0 Å². The van der Waals surface area contributed by atoms with Crippen molar-refractivity contribution < 1.29 is 42.5 Å². The number of esters is 2. The number of carbonyl (C=O) groups excluding carboxylic acids is 4. The quantitative estimate of drug-likeness (QED) is 0.739. The first-order valence-corrected chi connectivity index (χ1v) is 7.58. The first-order valence-electron chi connectivity index (χ1n) is 7.58. The molecule has 1 aliphatic carbocycles. The maximum absolute atomic E-state index is 12.7. The van der Waals surface area contributed by atoms with Gasteiger partial charge in [0.25, 0.3) is 0 Å². The lowest BCUT2D eigenvalue weighted by Gasteiger charge is -2.18. The maximum atomic E-state index is 12.7. The molecule has 0 unspecified atom stereocenters. The van der Waals surface area contributed by atoms with Crippen LogP contribution >= 0.6 is 0 Å². The van der Waals surface area contributed by atoms with Gasteiger partial charge in [0.1, 0.15) is 11.1 Å². The second kappa shape index (κ2) is 6.60. The van der Waals surface area contributed by atoms with E-state index in [9.17, 15) is 19.2 Å². The fourth-order valence-corrected chi connectivity index (χ4v) is 2.88. The van der Waals surface area contributed by atoms with Crippen LogP contribution in [0, 0.1) is 0 Å². The molecule has 1 aliphatic rings. The number of rotatable bonds is 4. The molecule has 0 spiro atoms. The lowest BCUT2D eigenvalue weighted by atomic mass is 9.90. The average Bonchev–Trinajstić information content (AvgIpc) is 3.06. The van der Waals surface area contributed by atoms with Gasteiger partial charge in [0.05, 0.1) is 28.4 Å². The summed E-state index contributed by atoms with van der Waals surface area (Å²) >= 11 is 0. The molecule has 0 bridgehead atoms. The van der Waals surface area contributed by atoms with Crippen molar-refractivity contribution in [3.8, 4) is 0 Å². The van der Waals surface area contributed by atoms with Crippen molar-refractivity contribution in [1.82, 2.24) is 0 Å². The van der Waals surface area contributed by atoms with Gasteiger partial charge in [-0.15, -0.1) is 0 Å². The highest BCUT2D eigenvalue weighted by Crippen LogP contribution is 2.34. The summed E-state index contributed by atoms with van der Waals surface area (Å²) in [6, 6.07) is 2.54. The lowest BCUT2D eigenvalue weighted by molar-refractivity contribution is 0.0531. The number of methoxy groups -OCH3 is 4. The molecule has 9 nitrogen and oxygen atoms in total. The Bertz CT molecular complexity index is 1040. The lowest BCUT2D eigenvalue weighted by Crippen LogP contribution is -2.24. The van der Waals surface area contributed by atoms with Crippen LogP contribution in [0.15, 0.2) is 28.1 Å². The van der Waals surface area contributed by atoms with E-state index in [1.165, 1.54) is 26.4 Å². The minimum absolute atomic E-state index is 0.00766. The number of allylic oxidation sites excluding steroid dienone is 2. The Labute approximate surface area is 152 Å². The number of carbonyl (C=O) groups is 4. The first kappa shape index (κ1) is 18.2. The second-order valence-corrected chi connectivity index (χ2v) is 5.41. The molecule has 0 amide bonds. The van der Waals surface area contributed by atoms with Gasteiger partial charge in [0.15, 0.2) is 0 Å². The number of ketones is 2. The third kappa shape index (κ3) is 2.55. The van der Waals surface area contributed by atoms with Crippen LogP contribution < -0.4 is 0 Å². The van der Waals surface area contributed by atoms with Crippen molar-refractivity contribution in [3.63, 3.8) is 0 Å². The molecule has 3 rings (SSSR count). The molecule has 140 valence electrons. The Morgan fingerprint density at radius 3 is 1.81 bits per heavy atom. The monoisotopic (exact) mass is 374 g/mol. The minimum atomic E-state index is -0.907. The van der Waals surface area contributed by atoms with Gasteiger partial charge in [0.2, 0.25) is 28.8 Å². The molecular weight excluding hydrogens is 360 g/mol. The van der Waals surface area contributed by atoms with E-state index in [4.69, 9.17) is 18.6 Å². The van der Waals surface area contributed by atoms with Crippen molar-refractivity contribution >= 4 is 34.5 Å². The minimum Gasteiger partial charge on any atom is -0.489 e. The van der Waals surface area contributed by atoms with E-state index in [0.717, 1.165) is 14.2 Å². The number of ether oxygens (including phenoxy) is 4. The van der Waals surface area contributed by atoms with Crippen LogP contribution in [-0.4, -0.2) is 51.9 Å². The first-order chi connectivity index (χ1) is 12.9. The topological polar surface area (TPSA) is 118 Å². The SMILES string of the molecule is COC(=O)c1oc2cc3c(cc2c1C(=O)OC)C(=O)C(OC)=C(OC)C3=O. The fourth-order valence-electron chi connectivity index (χ4n) is 2.88. The molecule has 1 aromatic carbocycles. The summed E-state index contributed by atoms with van der Waals surface area (Å²) in [5.41, 5.74) is -0.200. The highest BCUT2D eigenvalue weighted by Gasteiger charge is 2.37. The van der Waals surface area contributed by atoms with Crippen LogP contribution in [0.2, 0.25) is 0 Å². The van der Waals surface area contributed by atoms with Crippen LogP contribution in [0.3, 0.4) is 0 Å². The van der Waals surface area contributed by atoms with Gasteiger partial charge in [-0.25, -0.2) is 9.59 Å². The molecule has 0 N–H and O–H groups in total. The maximum Gasteiger partial charge on any atom is 0.374 e. The van der Waals surface area contributed by atoms with Gasteiger partial charge in [-0.2, -0.15) is 0 Å². The summed E-state index contributed by atoms with van der Waals surface area (Å²) in [4.78, 5) is 49.5. The van der Waals surface area contributed by atoms with Crippen molar-refractivity contribution in [2.75, 3.05) is 28.4 Å². The van der Waals surface area contributed by atoms with Gasteiger partial charge in [-0.05, 0) is 12.1 Å². The summed E-state index contributed by atoms with van der Waals surface area (Å²) in [5.74, 6) is -3.87. The van der Waals surface area contributed by atoms with Crippen LogP contribution in [0.25, 0.3) is 11.0 Å². The van der Waals surface area contributed by atoms with Crippen LogP contribution in [0.1, 0.15) is 41.6 Å². The molecule has 9 heteroatoms. The number of fused-ring (bicyclic) bond motifs is 2. The van der Waals surface area contributed by atoms with Crippen molar-refractivity contribution in [2.24, 2.45) is 0 Å². The number of hydrogen-bond acceptors (Lipinski definition) is 9. The van der Waals surface area contributed by atoms with Gasteiger partial charge in [0, 0.05) is 16.5 Å². The summed E-state index contributed by atoms with van der Waals surface area (Å²) < 4.78 is 24.7. The zero-order valence-corrected chi connectivity index (χ0v) is 14.8. The standard InChI is InChI=1S/C18H14O9/c1-23-15-12(19)7-5-9-10(6-8(7)13(20)16(15)24-2)27-14(18(22)26-4)11(9)17(21)25-3/h5-6H,1-4H3. The van der Waals surface area contributed by atoms with Gasteiger partial charge in [-0.3, -0.25) is 9.59 Å². The van der Waals surface area contributed by atoms with E-state index < -0.39 is 29.3 Å². The largest absolute Gasteiger partial charge is 0.489 e. The normalized spacial score (nSPS) is 13.5.